The van der Waals surface area contributed by atoms with Crippen molar-refractivity contribution >= 4 is 21.7 Å². The lowest BCUT2D eigenvalue weighted by atomic mass is 10.1. The van der Waals surface area contributed by atoms with Crippen molar-refractivity contribution < 1.29 is 4.39 Å². The maximum atomic E-state index is 13.5. The lowest BCUT2D eigenvalue weighted by molar-refractivity contribution is 0.641. The molecule has 0 aliphatic carbocycles. The van der Waals surface area contributed by atoms with Crippen molar-refractivity contribution in [3.05, 3.63) is 48.4 Å². The summed E-state index contributed by atoms with van der Waals surface area (Å²) < 4.78 is 13.5. The van der Waals surface area contributed by atoms with Crippen molar-refractivity contribution in [1.82, 2.24) is 4.98 Å². The van der Waals surface area contributed by atoms with Crippen molar-refractivity contribution in [2.75, 3.05) is 0 Å². The highest BCUT2D eigenvalue weighted by molar-refractivity contribution is 6.05. The summed E-state index contributed by atoms with van der Waals surface area (Å²) in [6, 6.07) is 11.1. The Bertz CT molecular complexity index is 610. The largest absolute Gasteiger partial charge is 0.361 e. The molecule has 1 nitrogen and oxygen atoms in total. The molecule has 1 N–H and O–H groups in total. The second kappa shape index (κ2) is 2.58. The van der Waals surface area contributed by atoms with Gasteiger partial charge >= 0.3 is 0 Å². The maximum absolute atomic E-state index is 13.5. The number of fused-ring (bicyclic) bond motifs is 3. The van der Waals surface area contributed by atoms with Crippen LogP contribution in [-0.2, 0) is 0 Å². The van der Waals surface area contributed by atoms with E-state index in [0.29, 0.717) is 5.39 Å². The van der Waals surface area contributed by atoms with Gasteiger partial charge in [0.2, 0.25) is 0 Å². The first-order chi connectivity index (χ1) is 6.86. The summed E-state index contributed by atoms with van der Waals surface area (Å²) >= 11 is 0. The van der Waals surface area contributed by atoms with E-state index in [1.165, 1.54) is 0 Å². The van der Waals surface area contributed by atoms with E-state index in [1.807, 2.05) is 24.3 Å². The Hall–Kier alpha value is -1.83. The highest BCUT2D eigenvalue weighted by Crippen LogP contribution is 2.26. The molecule has 0 spiro atoms. The third-order valence-electron chi connectivity index (χ3n) is 2.52. The molecule has 3 aromatic rings. The van der Waals surface area contributed by atoms with E-state index >= 15 is 0 Å². The van der Waals surface area contributed by atoms with Gasteiger partial charge in [-0.25, -0.2) is 4.39 Å². The normalized spacial score (nSPS) is 11.2. The van der Waals surface area contributed by atoms with Gasteiger partial charge in [-0.2, -0.15) is 0 Å². The molecule has 0 saturated carbocycles. The van der Waals surface area contributed by atoms with E-state index in [0.717, 1.165) is 16.3 Å². The highest BCUT2D eigenvalue weighted by atomic mass is 19.1. The molecule has 0 aliphatic rings. The van der Waals surface area contributed by atoms with Gasteiger partial charge < -0.3 is 4.98 Å². The van der Waals surface area contributed by atoms with Crippen LogP contribution in [0.4, 0.5) is 4.39 Å². The number of benzene rings is 2. The molecule has 2 aromatic carbocycles. The molecule has 0 unspecified atom stereocenters. The van der Waals surface area contributed by atoms with Crippen LogP contribution in [0.3, 0.4) is 0 Å². The second-order valence-corrected chi connectivity index (χ2v) is 3.35. The second-order valence-electron chi connectivity index (χ2n) is 3.35. The SMILES string of the molecule is Fc1cc2ccccc2c2[nH]ccc12. The summed E-state index contributed by atoms with van der Waals surface area (Å²) in [4.78, 5) is 3.06. The minimum absolute atomic E-state index is 0.167. The van der Waals surface area contributed by atoms with Gasteiger partial charge in [0, 0.05) is 17.0 Å². The lowest BCUT2D eigenvalue weighted by Gasteiger charge is -2.00. The van der Waals surface area contributed by atoms with Gasteiger partial charge in [-0.3, -0.25) is 0 Å². The molecule has 0 saturated heterocycles. The van der Waals surface area contributed by atoms with E-state index < -0.39 is 0 Å². The molecular weight excluding hydrogens is 177 g/mol. The number of aromatic nitrogens is 1. The monoisotopic (exact) mass is 185 g/mol. The zero-order valence-electron chi connectivity index (χ0n) is 7.42. The van der Waals surface area contributed by atoms with Crippen molar-refractivity contribution in [3.8, 4) is 0 Å². The Morgan fingerprint density at radius 3 is 2.79 bits per heavy atom. The molecule has 1 aromatic heterocycles. The Morgan fingerprint density at radius 2 is 1.86 bits per heavy atom. The third kappa shape index (κ3) is 0.880. The van der Waals surface area contributed by atoms with Gasteiger partial charge in [0.15, 0.2) is 0 Å². The summed E-state index contributed by atoms with van der Waals surface area (Å²) in [5.74, 6) is -0.167. The first-order valence-corrected chi connectivity index (χ1v) is 4.50. The molecule has 1 heterocycles. The van der Waals surface area contributed by atoms with Crippen molar-refractivity contribution in [2.45, 2.75) is 0 Å². The minimum Gasteiger partial charge on any atom is -0.361 e. The first kappa shape index (κ1) is 7.56. The molecular formula is C12H8FN. The molecule has 2 heteroatoms. The number of H-pyrrole nitrogens is 1. The van der Waals surface area contributed by atoms with Crippen LogP contribution >= 0.6 is 0 Å². The third-order valence-corrected chi connectivity index (χ3v) is 2.52. The van der Waals surface area contributed by atoms with Crippen molar-refractivity contribution in [3.63, 3.8) is 0 Å². The number of halogens is 1. The molecule has 0 amide bonds. The molecule has 68 valence electrons. The summed E-state index contributed by atoms with van der Waals surface area (Å²) in [6.07, 6.45) is 1.76. The fourth-order valence-corrected chi connectivity index (χ4v) is 1.86. The average molecular weight is 185 g/mol. The molecule has 0 aliphatic heterocycles. The fourth-order valence-electron chi connectivity index (χ4n) is 1.86. The van der Waals surface area contributed by atoms with Crippen LogP contribution in [0, 0.1) is 5.82 Å². The summed E-state index contributed by atoms with van der Waals surface area (Å²) in [5.41, 5.74) is 0.876. The zero-order chi connectivity index (χ0) is 9.54. The molecule has 0 fully saturated rings. The quantitative estimate of drug-likeness (QED) is 0.552. The van der Waals surface area contributed by atoms with Crippen LogP contribution in [0.15, 0.2) is 42.6 Å². The zero-order valence-corrected chi connectivity index (χ0v) is 7.42. The smallest absolute Gasteiger partial charge is 0.133 e. The van der Waals surface area contributed by atoms with Crippen molar-refractivity contribution in [2.24, 2.45) is 0 Å². The van der Waals surface area contributed by atoms with Gasteiger partial charge in [0.25, 0.3) is 0 Å². The van der Waals surface area contributed by atoms with Crippen LogP contribution in [0.25, 0.3) is 21.7 Å². The lowest BCUT2D eigenvalue weighted by Crippen LogP contribution is -1.79. The predicted octanol–water partition coefficient (Wildman–Crippen LogP) is 3.46. The number of aromatic amines is 1. The van der Waals surface area contributed by atoms with E-state index in [-0.39, 0.29) is 5.82 Å². The Labute approximate surface area is 80.2 Å². The first-order valence-electron chi connectivity index (χ1n) is 4.50. The van der Waals surface area contributed by atoms with Gasteiger partial charge in [-0.05, 0) is 17.5 Å². The van der Waals surface area contributed by atoms with Crippen LogP contribution in [0.1, 0.15) is 0 Å². The van der Waals surface area contributed by atoms with Gasteiger partial charge in [0.05, 0.1) is 5.52 Å². The number of hydrogen-bond acceptors (Lipinski definition) is 0. The summed E-state index contributed by atoms with van der Waals surface area (Å²) in [5, 5.41) is 2.65. The molecule has 0 bridgehead atoms. The minimum atomic E-state index is -0.167. The number of rotatable bonds is 0. The number of hydrogen-bond donors (Lipinski definition) is 1. The van der Waals surface area contributed by atoms with E-state index in [1.54, 1.807) is 18.3 Å². The molecule has 0 atom stereocenters. The topological polar surface area (TPSA) is 15.8 Å². The standard InChI is InChI=1S/C12H8FN/c13-11-7-8-3-1-2-4-9(8)12-10(11)5-6-14-12/h1-7,14H. The van der Waals surface area contributed by atoms with Gasteiger partial charge in [0.1, 0.15) is 5.82 Å². The highest BCUT2D eigenvalue weighted by Gasteiger charge is 2.05. The van der Waals surface area contributed by atoms with Gasteiger partial charge in [-0.15, -0.1) is 0 Å². The van der Waals surface area contributed by atoms with Crippen molar-refractivity contribution in [1.29, 1.82) is 0 Å². The van der Waals surface area contributed by atoms with E-state index in [9.17, 15) is 4.39 Å². The van der Waals surface area contributed by atoms with Crippen LogP contribution in [-0.4, -0.2) is 4.98 Å². The average Bonchev–Trinajstić information content (AvgIpc) is 2.67. The van der Waals surface area contributed by atoms with Crippen LogP contribution < -0.4 is 0 Å². The fraction of sp³-hybridized carbons (Fsp3) is 0. The van der Waals surface area contributed by atoms with E-state index in [2.05, 4.69) is 4.98 Å². The molecule has 14 heavy (non-hydrogen) atoms. The van der Waals surface area contributed by atoms with Crippen LogP contribution in [0.2, 0.25) is 0 Å². The van der Waals surface area contributed by atoms with E-state index in [4.69, 9.17) is 0 Å². The molecule has 3 rings (SSSR count). The Kier molecular flexibility index (Phi) is 1.39. The Balaban J connectivity index is 2.66. The summed E-state index contributed by atoms with van der Waals surface area (Å²) in [7, 11) is 0. The van der Waals surface area contributed by atoms with Gasteiger partial charge in [-0.1, -0.05) is 24.3 Å². The predicted molar refractivity (Wildman–Crippen MR) is 55.8 cm³/mol. The summed E-state index contributed by atoms with van der Waals surface area (Å²) in [6.45, 7) is 0. The maximum Gasteiger partial charge on any atom is 0.133 e. The number of nitrogens with one attached hydrogen (secondary N) is 1. The van der Waals surface area contributed by atoms with Crippen LogP contribution in [0.5, 0.6) is 0 Å². The molecule has 0 radical (unpaired) electrons. The Morgan fingerprint density at radius 1 is 1.00 bits per heavy atom.